The van der Waals surface area contributed by atoms with Gasteiger partial charge in [-0.05, 0) is 41.1 Å². The highest BCUT2D eigenvalue weighted by atomic mass is 16.2. The quantitative estimate of drug-likeness (QED) is 0.547. The van der Waals surface area contributed by atoms with E-state index in [1.807, 2.05) is 36.4 Å². The first kappa shape index (κ1) is 17.4. The molecule has 2 amide bonds. The van der Waals surface area contributed by atoms with Crippen LogP contribution in [0, 0.1) is 0 Å². The van der Waals surface area contributed by atoms with Crippen LogP contribution in [0.5, 0.6) is 0 Å². The lowest BCUT2D eigenvalue weighted by atomic mass is 10.0. The molecule has 5 heteroatoms. The Morgan fingerprint density at radius 3 is 2.11 bits per heavy atom. The minimum absolute atomic E-state index is 0.236. The summed E-state index contributed by atoms with van der Waals surface area (Å²) in [5, 5.41) is 7.60. The number of anilines is 2. The van der Waals surface area contributed by atoms with Crippen LogP contribution in [-0.2, 0) is 0 Å². The van der Waals surface area contributed by atoms with Crippen molar-refractivity contribution < 1.29 is 9.59 Å². The number of aromatic nitrogens is 1. The first-order valence-corrected chi connectivity index (χ1v) is 8.82. The number of para-hydroxylation sites is 2. The van der Waals surface area contributed by atoms with Gasteiger partial charge < -0.3 is 10.6 Å². The van der Waals surface area contributed by atoms with Crippen molar-refractivity contribution in [1.82, 2.24) is 4.98 Å². The van der Waals surface area contributed by atoms with Crippen molar-refractivity contribution >= 4 is 34.0 Å². The number of amides is 2. The van der Waals surface area contributed by atoms with Gasteiger partial charge in [0.2, 0.25) is 0 Å². The number of nitrogens with one attached hydrogen (secondary N) is 2. The van der Waals surface area contributed by atoms with E-state index in [4.69, 9.17) is 0 Å². The molecule has 5 nitrogen and oxygen atoms in total. The Balaban J connectivity index is 1.60. The van der Waals surface area contributed by atoms with Crippen molar-refractivity contribution in [2.75, 3.05) is 10.6 Å². The van der Waals surface area contributed by atoms with Crippen LogP contribution in [0.1, 0.15) is 20.7 Å². The largest absolute Gasteiger partial charge is 0.320 e. The molecule has 0 atom stereocenters. The predicted molar refractivity (Wildman–Crippen MR) is 111 cm³/mol. The highest BCUT2D eigenvalue weighted by molar-refractivity contribution is 6.14. The SMILES string of the molecule is O=C(Nc1ccccc1NC(=O)c1cccc2ccccc12)c1cccnc1. The van der Waals surface area contributed by atoms with Crippen molar-refractivity contribution in [3.63, 3.8) is 0 Å². The molecule has 0 fully saturated rings. The van der Waals surface area contributed by atoms with Gasteiger partial charge in [-0.1, -0.05) is 48.5 Å². The fourth-order valence-corrected chi connectivity index (χ4v) is 3.01. The van der Waals surface area contributed by atoms with Crippen molar-refractivity contribution in [2.24, 2.45) is 0 Å². The molecule has 4 aromatic rings. The lowest BCUT2D eigenvalue weighted by Gasteiger charge is -2.13. The third-order valence-electron chi connectivity index (χ3n) is 4.38. The number of benzene rings is 3. The Labute approximate surface area is 162 Å². The molecule has 1 aromatic heterocycles. The second-order valence-corrected chi connectivity index (χ2v) is 6.22. The summed E-state index contributed by atoms with van der Waals surface area (Å²) in [5.74, 6) is -0.528. The Morgan fingerprint density at radius 1 is 0.679 bits per heavy atom. The molecular formula is C23H17N3O2. The van der Waals surface area contributed by atoms with Gasteiger partial charge in [-0.2, -0.15) is 0 Å². The number of pyridine rings is 1. The number of hydrogen-bond acceptors (Lipinski definition) is 3. The second-order valence-electron chi connectivity index (χ2n) is 6.22. The maximum atomic E-state index is 12.9. The van der Waals surface area contributed by atoms with E-state index in [0.29, 0.717) is 22.5 Å². The van der Waals surface area contributed by atoms with Gasteiger partial charge >= 0.3 is 0 Å². The van der Waals surface area contributed by atoms with Crippen LogP contribution in [0.15, 0.2) is 91.3 Å². The van der Waals surface area contributed by atoms with Crippen LogP contribution in [-0.4, -0.2) is 16.8 Å². The fourth-order valence-electron chi connectivity index (χ4n) is 3.01. The molecule has 0 bridgehead atoms. The Bertz CT molecular complexity index is 1150. The van der Waals surface area contributed by atoms with E-state index >= 15 is 0 Å². The topological polar surface area (TPSA) is 71.1 Å². The van der Waals surface area contributed by atoms with Crippen molar-refractivity contribution in [1.29, 1.82) is 0 Å². The van der Waals surface area contributed by atoms with Crippen LogP contribution in [0.25, 0.3) is 10.8 Å². The van der Waals surface area contributed by atoms with Gasteiger partial charge in [0.15, 0.2) is 0 Å². The van der Waals surface area contributed by atoms with Crippen molar-refractivity contribution in [3.8, 4) is 0 Å². The van der Waals surface area contributed by atoms with Crippen LogP contribution < -0.4 is 10.6 Å². The Hall–Kier alpha value is -3.99. The highest BCUT2D eigenvalue weighted by Gasteiger charge is 2.14. The molecule has 136 valence electrons. The maximum absolute atomic E-state index is 12.9. The number of carbonyl (C=O) groups is 2. The number of nitrogens with zero attached hydrogens (tertiary/aromatic N) is 1. The number of rotatable bonds is 4. The molecule has 1 heterocycles. The lowest BCUT2D eigenvalue weighted by molar-refractivity contribution is 0.101. The summed E-state index contributed by atoms with van der Waals surface area (Å²) in [6.07, 6.45) is 3.10. The summed E-state index contributed by atoms with van der Waals surface area (Å²) in [5.41, 5.74) is 2.06. The lowest BCUT2D eigenvalue weighted by Crippen LogP contribution is -2.17. The molecule has 3 aromatic carbocycles. The molecule has 0 aliphatic heterocycles. The summed E-state index contributed by atoms with van der Waals surface area (Å²) in [4.78, 5) is 29.3. The summed E-state index contributed by atoms with van der Waals surface area (Å²) < 4.78 is 0. The Morgan fingerprint density at radius 2 is 1.36 bits per heavy atom. The van der Waals surface area contributed by atoms with E-state index in [2.05, 4.69) is 15.6 Å². The molecule has 0 saturated heterocycles. The fraction of sp³-hybridized carbons (Fsp3) is 0. The predicted octanol–water partition coefficient (Wildman–Crippen LogP) is 4.74. The first-order chi connectivity index (χ1) is 13.7. The van der Waals surface area contributed by atoms with Crippen LogP contribution in [0.4, 0.5) is 11.4 Å². The van der Waals surface area contributed by atoms with E-state index in [-0.39, 0.29) is 11.8 Å². The number of hydrogen-bond donors (Lipinski definition) is 2. The van der Waals surface area contributed by atoms with E-state index in [0.717, 1.165) is 10.8 Å². The first-order valence-electron chi connectivity index (χ1n) is 8.82. The van der Waals surface area contributed by atoms with Crippen LogP contribution >= 0.6 is 0 Å². The highest BCUT2D eigenvalue weighted by Crippen LogP contribution is 2.24. The van der Waals surface area contributed by atoms with E-state index in [1.54, 1.807) is 48.7 Å². The third kappa shape index (κ3) is 3.59. The van der Waals surface area contributed by atoms with Gasteiger partial charge in [-0.15, -0.1) is 0 Å². The summed E-state index contributed by atoms with van der Waals surface area (Å²) in [6, 6.07) is 23.8. The minimum Gasteiger partial charge on any atom is -0.320 e. The molecule has 0 spiro atoms. The normalized spacial score (nSPS) is 10.4. The van der Waals surface area contributed by atoms with Gasteiger partial charge in [-0.3, -0.25) is 14.6 Å². The van der Waals surface area contributed by atoms with Gasteiger partial charge in [0.25, 0.3) is 11.8 Å². The summed E-state index contributed by atoms with van der Waals surface area (Å²) >= 11 is 0. The molecule has 0 aliphatic carbocycles. The summed E-state index contributed by atoms with van der Waals surface area (Å²) in [6.45, 7) is 0. The molecule has 2 N–H and O–H groups in total. The van der Waals surface area contributed by atoms with Crippen LogP contribution in [0.2, 0.25) is 0 Å². The van der Waals surface area contributed by atoms with Gasteiger partial charge in [-0.25, -0.2) is 0 Å². The molecular weight excluding hydrogens is 350 g/mol. The van der Waals surface area contributed by atoms with Gasteiger partial charge in [0.05, 0.1) is 16.9 Å². The van der Waals surface area contributed by atoms with E-state index < -0.39 is 0 Å². The van der Waals surface area contributed by atoms with Gasteiger partial charge in [0.1, 0.15) is 0 Å². The average molecular weight is 367 g/mol. The Kier molecular flexibility index (Phi) is 4.80. The smallest absolute Gasteiger partial charge is 0.257 e. The molecule has 0 radical (unpaired) electrons. The average Bonchev–Trinajstić information content (AvgIpc) is 2.75. The molecule has 0 unspecified atom stereocenters. The minimum atomic E-state index is -0.292. The maximum Gasteiger partial charge on any atom is 0.257 e. The molecule has 4 rings (SSSR count). The zero-order valence-electron chi connectivity index (χ0n) is 14.9. The molecule has 28 heavy (non-hydrogen) atoms. The second kappa shape index (κ2) is 7.72. The van der Waals surface area contributed by atoms with E-state index in [1.165, 1.54) is 6.20 Å². The standard InChI is InChI=1S/C23H17N3O2/c27-22(17-9-6-14-24-15-17)25-20-12-3-4-13-21(20)26-23(28)19-11-5-8-16-7-1-2-10-18(16)19/h1-15H,(H,25,27)(H,26,28). The molecule has 0 aliphatic rings. The number of fused-ring (bicyclic) bond motifs is 1. The van der Waals surface area contributed by atoms with Crippen LogP contribution in [0.3, 0.4) is 0 Å². The van der Waals surface area contributed by atoms with Crippen molar-refractivity contribution in [2.45, 2.75) is 0 Å². The zero-order chi connectivity index (χ0) is 19.3. The monoisotopic (exact) mass is 367 g/mol. The summed E-state index contributed by atoms with van der Waals surface area (Å²) in [7, 11) is 0. The van der Waals surface area contributed by atoms with Gasteiger partial charge in [0, 0.05) is 18.0 Å². The number of carbonyl (C=O) groups excluding carboxylic acids is 2. The van der Waals surface area contributed by atoms with Crippen molar-refractivity contribution in [3.05, 3.63) is 102 Å². The zero-order valence-corrected chi connectivity index (χ0v) is 14.9. The third-order valence-corrected chi connectivity index (χ3v) is 4.38. The molecule has 0 saturated carbocycles. The van der Waals surface area contributed by atoms with E-state index in [9.17, 15) is 9.59 Å².